The summed E-state index contributed by atoms with van der Waals surface area (Å²) in [5.41, 5.74) is 2.79. The Morgan fingerprint density at radius 1 is 1.00 bits per heavy atom. The van der Waals surface area contributed by atoms with Gasteiger partial charge in [0.25, 0.3) is 5.91 Å². The lowest BCUT2D eigenvalue weighted by molar-refractivity contribution is -0.188. The van der Waals surface area contributed by atoms with E-state index >= 15 is 0 Å². The quantitative estimate of drug-likeness (QED) is 0.766. The first kappa shape index (κ1) is 16.7. The normalized spacial score (nSPS) is 26.8. The third kappa shape index (κ3) is 2.99. The first-order chi connectivity index (χ1) is 12.0. The number of likely N-dealkylation sites (tertiary alicyclic amines) is 1. The number of carbonyl (C=O) groups excluding carboxylic acids is 2. The second kappa shape index (κ2) is 6.20. The fourth-order valence-electron chi connectivity index (χ4n) is 4.21. The zero-order valence-electron chi connectivity index (χ0n) is 14.8. The highest BCUT2D eigenvalue weighted by molar-refractivity contribution is 6.22. The minimum Gasteiger partial charge on any atom is -0.347 e. The summed E-state index contributed by atoms with van der Waals surface area (Å²) in [5.74, 6) is -0.692. The molecule has 2 amide bonds. The van der Waals surface area contributed by atoms with E-state index in [0.717, 1.165) is 24.0 Å². The Hall–Kier alpha value is -1.76. The minimum atomic E-state index is -0.463. The summed E-state index contributed by atoms with van der Waals surface area (Å²) in [6.07, 6.45) is 1.74. The molecule has 3 fully saturated rings. The van der Waals surface area contributed by atoms with E-state index in [1.54, 1.807) is 0 Å². The van der Waals surface area contributed by atoms with E-state index in [2.05, 4.69) is 4.90 Å². The van der Waals surface area contributed by atoms with Crippen molar-refractivity contribution >= 4 is 17.5 Å². The number of hydrogen-bond acceptors (Lipinski definition) is 5. The van der Waals surface area contributed by atoms with Crippen LogP contribution in [0.25, 0.3) is 0 Å². The molecule has 0 radical (unpaired) electrons. The molecule has 6 heteroatoms. The molecule has 6 nitrogen and oxygen atoms in total. The maximum atomic E-state index is 13.0. The number of hydrogen-bond donors (Lipinski definition) is 0. The van der Waals surface area contributed by atoms with Gasteiger partial charge in [-0.05, 0) is 37.1 Å². The van der Waals surface area contributed by atoms with Crippen LogP contribution in [0.5, 0.6) is 0 Å². The number of imide groups is 1. The molecule has 4 rings (SSSR count). The van der Waals surface area contributed by atoms with Gasteiger partial charge in [0.1, 0.15) is 0 Å². The molecule has 0 unspecified atom stereocenters. The van der Waals surface area contributed by atoms with E-state index in [1.807, 2.05) is 32.0 Å². The van der Waals surface area contributed by atoms with Crippen molar-refractivity contribution in [3.8, 4) is 0 Å². The van der Waals surface area contributed by atoms with Gasteiger partial charge in [0.2, 0.25) is 5.91 Å². The number of carbonyl (C=O) groups is 2. The van der Waals surface area contributed by atoms with Gasteiger partial charge in [-0.2, -0.15) is 0 Å². The first-order valence-corrected chi connectivity index (χ1v) is 8.94. The number of amides is 2. The van der Waals surface area contributed by atoms with Crippen LogP contribution in [-0.2, 0) is 19.1 Å². The van der Waals surface area contributed by atoms with Crippen LogP contribution in [0.15, 0.2) is 18.2 Å². The van der Waals surface area contributed by atoms with E-state index in [9.17, 15) is 9.59 Å². The van der Waals surface area contributed by atoms with Crippen LogP contribution in [0, 0.1) is 13.8 Å². The monoisotopic (exact) mass is 344 g/mol. The summed E-state index contributed by atoms with van der Waals surface area (Å²) in [6.45, 7) is 6.66. The van der Waals surface area contributed by atoms with Crippen LogP contribution in [0.1, 0.15) is 30.4 Å². The van der Waals surface area contributed by atoms with E-state index in [-0.39, 0.29) is 24.3 Å². The standard InChI is InChI=1S/C19H24N2O4/c1-13-9-14(2)11-15(10-13)21-17(22)12-16(18(21)23)20-5-3-19(4-6-20)24-7-8-25-19/h9-11,16H,3-8,12H2,1-2H3/t16-/m0/s1. The van der Waals surface area contributed by atoms with Gasteiger partial charge in [-0.25, -0.2) is 4.90 Å². The number of ether oxygens (including phenoxy) is 2. The van der Waals surface area contributed by atoms with Crippen LogP contribution in [0.4, 0.5) is 5.69 Å². The molecule has 1 aromatic rings. The molecule has 3 aliphatic rings. The minimum absolute atomic E-state index is 0.112. The molecular weight excluding hydrogens is 320 g/mol. The lowest BCUT2D eigenvalue weighted by Gasteiger charge is -2.39. The van der Waals surface area contributed by atoms with Crippen molar-refractivity contribution < 1.29 is 19.1 Å². The van der Waals surface area contributed by atoms with Crippen LogP contribution < -0.4 is 4.90 Å². The van der Waals surface area contributed by atoms with Crippen LogP contribution in [0.2, 0.25) is 0 Å². The van der Waals surface area contributed by atoms with Gasteiger partial charge < -0.3 is 9.47 Å². The second-order valence-corrected chi connectivity index (χ2v) is 7.28. The van der Waals surface area contributed by atoms with Gasteiger partial charge in [0.15, 0.2) is 5.79 Å². The molecule has 3 aliphatic heterocycles. The average Bonchev–Trinajstić information content (AvgIpc) is 3.12. The maximum absolute atomic E-state index is 13.0. The van der Waals surface area contributed by atoms with Gasteiger partial charge in [-0.15, -0.1) is 0 Å². The number of anilines is 1. The third-order valence-electron chi connectivity index (χ3n) is 5.40. The van der Waals surface area contributed by atoms with Gasteiger partial charge >= 0.3 is 0 Å². The molecular formula is C19H24N2O4. The summed E-state index contributed by atoms with van der Waals surface area (Å²) in [4.78, 5) is 29.0. The summed E-state index contributed by atoms with van der Waals surface area (Å²) in [7, 11) is 0. The number of rotatable bonds is 2. The highest BCUT2D eigenvalue weighted by Gasteiger charge is 2.47. The van der Waals surface area contributed by atoms with Crippen molar-refractivity contribution in [2.24, 2.45) is 0 Å². The van der Waals surface area contributed by atoms with Crippen molar-refractivity contribution in [1.29, 1.82) is 0 Å². The predicted octanol–water partition coefficient (Wildman–Crippen LogP) is 1.77. The molecule has 1 atom stereocenters. The topological polar surface area (TPSA) is 59.1 Å². The number of nitrogens with zero attached hydrogens (tertiary/aromatic N) is 2. The average molecular weight is 344 g/mol. The highest BCUT2D eigenvalue weighted by atomic mass is 16.7. The van der Waals surface area contributed by atoms with Crippen LogP contribution >= 0.6 is 0 Å². The lowest BCUT2D eigenvalue weighted by Crippen LogP contribution is -2.51. The summed E-state index contributed by atoms with van der Waals surface area (Å²) in [5, 5.41) is 0. The Morgan fingerprint density at radius 2 is 1.60 bits per heavy atom. The smallest absolute Gasteiger partial charge is 0.251 e. The number of piperidine rings is 1. The number of aryl methyl sites for hydroxylation is 2. The van der Waals surface area contributed by atoms with Crippen molar-refractivity contribution in [2.45, 2.75) is 44.9 Å². The van der Waals surface area contributed by atoms with E-state index in [1.165, 1.54) is 4.90 Å². The molecule has 134 valence electrons. The first-order valence-electron chi connectivity index (χ1n) is 8.94. The SMILES string of the molecule is Cc1cc(C)cc(N2C(=O)C[C@H](N3CCC4(CC3)OCCO4)C2=O)c1. The Morgan fingerprint density at radius 3 is 2.20 bits per heavy atom. The Bertz CT molecular complexity index is 681. The molecule has 0 N–H and O–H groups in total. The Labute approximate surface area is 147 Å². The van der Waals surface area contributed by atoms with Crippen LogP contribution in [0.3, 0.4) is 0 Å². The van der Waals surface area contributed by atoms with Crippen molar-refractivity contribution in [3.63, 3.8) is 0 Å². The van der Waals surface area contributed by atoms with Gasteiger partial charge in [-0.3, -0.25) is 14.5 Å². The predicted molar refractivity (Wildman–Crippen MR) is 92.3 cm³/mol. The fourth-order valence-corrected chi connectivity index (χ4v) is 4.21. The third-order valence-corrected chi connectivity index (χ3v) is 5.40. The summed E-state index contributed by atoms with van der Waals surface area (Å²) >= 11 is 0. The largest absolute Gasteiger partial charge is 0.347 e. The Balaban J connectivity index is 1.50. The van der Waals surface area contributed by atoms with Crippen molar-refractivity contribution in [2.75, 3.05) is 31.2 Å². The molecule has 1 spiro atoms. The second-order valence-electron chi connectivity index (χ2n) is 7.28. The number of benzene rings is 1. The molecule has 0 aliphatic carbocycles. The molecule has 25 heavy (non-hydrogen) atoms. The van der Waals surface area contributed by atoms with Crippen LogP contribution in [-0.4, -0.2) is 54.8 Å². The zero-order valence-corrected chi connectivity index (χ0v) is 14.8. The Kier molecular flexibility index (Phi) is 4.14. The highest BCUT2D eigenvalue weighted by Crippen LogP contribution is 2.34. The summed E-state index contributed by atoms with van der Waals surface area (Å²) in [6, 6.07) is 5.47. The molecule has 0 bridgehead atoms. The lowest BCUT2D eigenvalue weighted by atomic mass is 10.0. The van der Waals surface area contributed by atoms with E-state index in [0.29, 0.717) is 32.0 Å². The van der Waals surface area contributed by atoms with Gasteiger partial charge in [0, 0.05) is 25.9 Å². The zero-order chi connectivity index (χ0) is 17.6. The molecule has 1 aromatic carbocycles. The van der Waals surface area contributed by atoms with E-state index < -0.39 is 5.79 Å². The van der Waals surface area contributed by atoms with Crippen molar-refractivity contribution in [3.05, 3.63) is 29.3 Å². The maximum Gasteiger partial charge on any atom is 0.251 e. The molecule has 3 heterocycles. The molecule has 3 saturated heterocycles. The summed E-state index contributed by atoms with van der Waals surface area (Å²) < 4.78 is 11.5. The molecule has 0 aromatic heterocycles. The van der Waals surface area contributed by atoms with Crippen molar-refractivity contribution in [1.82, 2.24) is 4.90 Å². The van der Waals surface area contributed by atoms with Gasteiger partial charge in [0.05, 0.1) is 31.4 Å². The fraction of sp³-hybridized carbons (Fsp3) is 0.579. The van der Waals surface area contributed by atoms with E-state index in [4.69, 9.17) is 9.47 Å². The molecule has 0 saturated carbocycles. The van der Waals surface area contributed by atoms with Gasteiger partial charge in [-0.1, -0.05) is 6.07 Å².